The number of hydrogen-bond donors (Lipinski definition) is 1. The van der Waals surface area contributed by atoms with E-state index in [1.807, 2.05) is 48.5 Å². The molecule has 4 rings (SSSR count). The number of anilines is 2. The van der Waals surface area contributed by atoms with Gasteiger partial charge in [0.15, 0.2) is 0 Å². The highest BCUT2D eigenvalue weighted by molar-refractivity contribution is 6.32. The van der Waals surface area contributed by atoms with Crippen LogP contribution in [0, 0.1) is 0 Å². The van der Waals surface area contributed by atoms with Crippen LogP contribution in [0.4, 0.5) is 11.4 Å². The van der Waals surface area contributed by atoms with Gasteiger partial charge < -0.3 is 10.2 Å². The molecule has 1 atom stereocenters. The second-order valence-corrected chi connectivity index (χ2v) is 7.11. The van der Waals surface area contributed by atoms with Crippen LogP contribution in [0.2, 0.25) is 5.02 Å². The number of nitrogens with one attached hydrogen (secondary N) is 1. The standard InChI is InChI=1S/C21H21ClN4O/c22-20-19(13-23-26(21(20)27)14-16-7-3-1-4-8-16)24-17-11-12-25(15-17)18-9-5-2-6-10-18/h1-10,13,17,24H,11-12,14-15H2. The van der Waals surface area contributed by atoms with Crippen LogP contribution < -0.4 is 15.8 Å². The lowest BCUT2D eigenvalue weighted by atomic mass is 10.2. The average molecular weight is 381 g/mol. The maximum atomic E-state index is 12.6. The summed E-state index contributed by atoms with van der Waals surface area (Å²) in [5.41, 5.74) is 2.55. The summed E-state index contributed by atoms with van der Waals surface area (Å²) < 4.78 is 1.40. The molecule has 0 radical (unpaired) electrons. The summed E-state index contributed by atoms with van der Waals surface area (Å²) in [5.74, 6) is 0. The Morgan fingerprint density at radius 2 is 1.78 bits per heavy atom. The van der Waals surface area contributed by atoms with Gasteiger partial charge in [-0.05, 0) is 24.1 Å². The first-order valence-electron chi connectivity index (χ1n) is 9.07. The Bertz CT molecular complexity index is 959. The quantitative estimate of drug-likeness (QED) is 0.734. The van der Waals surface area contributed by atoms with Crippen molar-refractivity contribution in [2.45, 2.75) is 19.0 Å². The molecule has 1 aliphatic heterocycles. The molecule has 138 valence electrons. The summed E-state index contributed by atoms with van der Waals surface area (Å²) in [7, 11) is 0. The molecule has 27 heavy (non-hydrogen) atoms. The molecule has 1 aromatic heterocycles. The van der Waals surface area contributed by atoms with E-state index in [0.29, 0.717) is 12.2 Å². The summed E-state index contributed by atoms with van der Waals surface area (Å²) in [6.07, 6.45) is 2.64. The van der Waals surface area contributed by atoms with Crippen molar-refractivity contribution < 1.29 is 0 Å². The highest BCUT2D eigenvalue weighted by Crippen LogP contribution is 2.24. The monoisotopic (exact) mass is 380 g/mol. The number of para-hydroxylation sites is 1. The van der Waals surface area contributed by atoms with E-state index in [4.69, 9.17) is 11.6 Å². The van der Waals surface area contributed by atoms with E-state index in [2.05, 4.69) is 27.4 Å². The van der Waals surface area contributed by atoms with Crippen LogP contribution in [0.3, 0.4) is 0 Å². The van der Waals surface area contributed by atoms with Crippen molar-refractivity contribution in [3.63, 3.8) is 0 Å². The lowest BCUT2D eigenvalue weighted by Gasteiger charge is -2.19. The molecular formula is C21H21ClN4O. The summed E-state index contributed by atoms with van der Waals surface area (Å²) in [6.45, 7) is 2.25. The number of benzene rings is 2. The Labute approximate surface area is 163 Å². The van der Waals surface area contributed by atoms with E-state index in [0.717, 1.165) is 25.1 Å². The Kier molecular flexibility index (Phi) is 5.12. The molecule has 3 aromatic rings. The van der Waals surface area contributed by atoms with Gasteiger partial charge in [0, 0.05) is 24.8 Å². The van der Waals surface area contributed by atoms with Gasteiger partial charge in [0.25, 0.3) is 5.56 Å². The topological polar surface area (TPSA) is 50.2 Å². The maximum Gasteiger partial charge on any atom is 0.287 e. The zero-order valence-corrected chi connectivity index (χ0v) is 15.6. The lowest BCUT2D eigenvalue weighted by molar-refractivity contribution is 0.638. The van der Waals surface area contributed by atoms with E-state index < -0.39 is 0 Å². The third-order valence-corrected chi connectivity index (χ3v) is 5.19. The first-order chi connectivity index (χ1) is 13.2. The van der Waals surface area contributed by atoms with Gasteiger partial charge in [-0.2, -0.15) is 5.10 Å². The van der Waals surface area contributed by atoms with Gasteiger partial charge >= 0.3 is 0 Å². The van der Waals surface area contributed by atoms with Crippen molar-refractivity contribution >= 4 is 23.0 Å². The zero-order chi connectivity index (χ0) is 18.6. The Morgan fingerprint density at radius 1 is 1.07 bits per heavy atom. The SMILES string of the molecule is O=c1c(Cl)c(NC2CCN(c3ccccc3)C2)cnn1Cc1ccccc1. The molecule has 0 aliphatic carbocycles. The lowest BCUT2D eigenvalue weighted by Crippen LogP contribution is -2.29. The van der Waals surface area contributed by atoms with Crippen LogP contribution in [0.5, 0.6) is 0 Å². The second kappa shape index (κ2) is 7.84. The molecule has 1 aliphatic rings. The number of rotatable bonds is 5. The smallest absolute Gasteiger partial charge is 0.287 e. The third-order valence-electron chi connectivity index (χ3n) is 4.83. The van der Waals surface area contributed by atoms with Crippen molar-refractivity contribution in [3.8, 4) is 0 Å². The van der Waals surface area contributed by atoms with Crippen LogP contribution in [-0.2, 0) is 6.54 Å². The average Bonchev–Trinajstić information content (AvgIpc) is 3.18. The Balaban J connectivity index is 1.46. The molecule has 5 nitrogen and oxygen atoms in total. The van der Waals surface area contributed by atoms with Gasteiger partial charge in [0.05, 0.1) is 18.4 Å². The van der Waals surface area contributed by atoms with Crippen LogP contribution in [0.25, 0.3) is 0 Å². The first-order valence-corrected chi connectivity index (χ1v) is 9.44. The predicted octanol–water partition coefficient (Wildman–Crippen LogP) is 3.64. The van der Waals surface area contributed by atoms with Crippen molar-refractivity contribution in [1.29, 1.82) is 0 Å². The molecule has 0 saturated carbocycles. The highest BCUT2D eigenvalue weighted by Gasteiger charge is 2.23. The van der Waals surface area contributed by atoms with E-state index in [9.17, 15) is 4.79 Å². The van der Waals surface area contributed by atoms with Gasteiger partial charge in [0.1, 0.15) is 5.02 Å². The minimum atomic E-state index is -0.275. The zero-order valence-electron chi connectivity index (χ0n) is 14.9. The first kappa shape index (κ1) is 17.6. The van der Waals surface area contributed by atoms with Gasteiger partial charge in [-0.1, -0.05) is 60.1 Å². The molecule has 0 bridgehead atoms. The fraction of sp³-hybridized carbons (Fsp3) is 0.238. The fourth-order valence-electron chi connectivity index (χ4n) is 3.41. The van der Waals surface area contributed by atoms with Crippen molar-refractivity contribution in [2.24, 2.45) is 0 Å². The molecule has 1 unspecified atom stereocenters. The van der Waals surface area contributed by atoms with Gasteiger partial charge in [0.2, 0.25) is 0 Å². The number of hydrogen-bond acceptors (Lipinski definition) is 4. The van der Waals surface area contributed by atoms with Crippen molar-refractivity contribution in [2.75, 3.05) is 23.3 Å². The largest absolute Gasteiger partial charge is 0.378 e. The van der Waals surface area contributed by atoms with E-state index in [1.54, 1.807) is 6.20 Å². The van der Waals surface area contributed by atoms with Gasteiger partial charge in [-0.3, -0.25) is 4.79 Å². The molecule has 2 heterocycles. The van der Waals surface area contributed by atoms with E-state index in [-0.39, 0.29) is 16.6 Å². The summed E-state index contributed by atoms with van der Waals surface area (Å²) in [4.78, 5) is 14.9. The van der Waals surface area contributed by atoms with Crippen LogP contribution in [0.15, 0.2) is 71.7 Å². The predicted molar refractivity (Wildman–Crippen MR) is 110 cm³/mol. The maximum absolute atomic E-state index is 12.6. The van der Waals surface area contributed by atoms with Crippen LogP contribution in [0.1, 0.15) is 12.0 Å². The third kappa shape index (κ3) is 3.98. The minimum absolute atomic E-state index is 0.194. The number of halogens is 1. The highest BCUT2D eigenvalue weighted by atomic mass is 35.5. The van der Waals surface area contributed by atoms with Crippen LogP contribution >= 0.6 is 11.6 Å². The molecule has 1 N–H and O–H groups in total. The molecule has 1 fully saturated rings. The summed E-state index contributed by atoms with van der Waals surface area (Å²) in [6, 6.07) is 20.3. The number of nitrogens with zero attached hydrogens (tertiary/aromatic N) is 3. The van der Waals surface area contributed by atoms with Gasteiger partial charge in [-0.25, -0.2) is 4.68 Å². The minimum Gasteiger partial charge on any atom is -0.378 e. The molecule has 0 spiro atoms. The molecule has 6 heteroatoms. The molecule has 0 amide bonds. The Morgan fingerprint density at radius 3 is 2.52 bits per heavy atom. The summed E-state index contributed by atoms with van der Waals surface area (Å²) >= 11 is 6.35. The molecule has 1 saturated heterocycles. The fourth-order valence-corrected chi connectivity index (χ4v) is 3.61. The van der Waals surface area contributed by atoms with Crippen molar-refractivity contribution in [1.82, 2.24) is 9.78 Å². The van der Waals surface area contributed by atoms with E-state index in [1.165, 1.54) is 10.4 Å². The van der Waals surface area contributed by atoms with Crippen molar-refractivity contribution in [3.05, 3.63) is 87.8 Å². The second-order valence-electron chi connectivity index (χ2n) is 6.73. The number of aromatic nitrogens is 2. The van der Waals surface area contributed by atoms with Crippen LogP contribution in [-0.4, -0.2) is 28.9 Å². The normalized spacial score (nSPS) is 16.5. The van der Waals surface area contributed by atoms with Gasteiger partial charge in [-0.15, -0.1) is 0 Å². The molecule has 2 aromatic carbocycles. The Hall–Kier alpha value is -2.79. The van der Waals surface area contributed by atoms with E-state index >= 15 is 0 Å². The molecular weight excluding hydrogens is 360 g/mol. The summed E-state index contributed by atoms with van der Waals surface area (Å²) in [5, 5.41) is 7.88.